The molecule has 5 nitrogen and oxygen atoms in total. The number of para-hydroxylation sites is 2. The van der Waals surface area contributed by atoms with Gasteiger partial charge in [0.2, 0.25) is 0 Å². The number of nitrogen functional groups attached to an aromatic ring is 1. The number of amides is 1. The summed E-state index contributed by atoms with van der Waals surface area (Å²) < 4.78 is 1.49. The van der Waals surface area contributed by atoms with Gasteiger partial charge in [0.25, 0.3) is 5.91 Å². The molecule has 0 saturated carbocycles. The van der Waals surface area contributed by atoms with Gasteiger partial charge in [0.05, 0.1) is 34.2 Å². The Morgan fingerprint density at radius 1 is 1.33 bits per heavy atom. The van der Waals surface area contributed by atoms with Crippen LogP contribution in [-0.2, 0) is 4.79 Å². The predicted octanol–water partition coefficient (Wildman–Crippen LogP) is 3.10. The second-order valence-corrected chi connectivity index (χ2v) is 5.17. The van der Waals surface area contributed by atoms with Crippen LogP contribution >= 0.6 is 22.9 Å². The summed E-state index contributed by atoms with van der Waals surface area (Å²) in [5, 5.41) is 2.98. The highest BCUT2D eigenvalue weighted by Crippen LogP contribution is 2.26. The van der Waals surface area contributed by atoms with Crippen molar-refractivity contribution in [1.82, 2.24) is 4.98 Å². The smallest absolute Gasteiger partial charge is 0.259 e. The van der Waals surface area contributed by atoms with Gasteiger partial charge in [0, 0.05) is 24.9 Å². The summed E-state index contributed by atoms with van der Waals surface area (Å²) >= 11 is 1.94. The second-order valence-electron chi connectivity index (χ2n) is 4.20. The van der Waals surface area contributed by atoms with Gasteiger partial charge in [0.1, 0.15) is 5.82 Å². The lowest BCUT2D eigenvalue weighted by Gasteiger charge is -2.14. The summed E-state index contributed by atoms with van der Waals surface area (Å²) in [5.74, 6) is 0.556. The number of rotatable bonds is 4. The molecule has 0 bridgehead atoms. The molecule has 0 saturated heterocycles. The van der Waals surface area contributed by atoms with Crippen LogP contribution in [0.15, 0.2) is 48.7 Å². The number of benzene rings is 1. The van der Waals surface area contributed by atoms with Crippen molar-refractivity contribution in [1.29, 1.82) is 0 Å². The molecule has 1 amide bonds. The molecule has 0 atom stereocenters. The van der Waals surface area contributed by atoms with Crippen molar-refractivity contribution in [2.24, 2.45) is 0 Å². The Bertz CT molecular complexity index is 672. The highest BCUT2D eigenvalue weighted by molar-refractivity contribution is 14.1. The zero-order valence-corrected chi connectivity index (χ0v) is 13.6. The van der Waals surface area contributed by atoms with Crippen LogP contribution in [0.3, 0.4) is 0 Å². The molecular formula is C15H15IN4O. The Morgan fingerprint density at radius 2 is 2.10 bits per heavy atom. The van der Waals surface area contributed by atoms with Gasteiger partial charge in [-0.25, -0.2) is 8.10 Å². The largest absolute Gasteiger partial charge is 0.397 e. The van der Waals surface area contributed by atoms with E-state index in [1.54, 1.807) is 31.5 Å². The van der Waals surface area contributed by atoms with Crippen LogP contribution < -0.4 is 14.2 Å². The molecule has 0 radical (unpaired) electrons. The van der Waals surface area contributed by atoms with E-state index in [0.717, 1.165) is 11.4 Å². The molecule has 3 N–H and O–H groups in total. The summed E-state index contributed by atoms with van der Waals surface area (Å²) in [6.07, 6.45) is 4.92. The van der Waals surface area contributed by atoms with Gasteiger partial charge >= 0.3 is 0 Å². The summed E-state index contributed by atoms with van der Waals surface area (Å²) in [6, 6.07) is 10.9. The SMILES string of the molecule is CNc1ncccc1/C=C/C(=O)N(I)c1ccccc1N. The predicted molar refractivity (Wildman–Crippen MR) is 95.2 cm³/mol. The maximum Gasteiger partial charge on any atom is 0.259 e. The zero-order valence-electron chi connectivity index (χ0n) is 11.5. The van der Waals surface area contributed by atoms with Gasteiger partial charge in [-0.1, -0.05) is 12.1 Å². The molecule has 108 valence electrons. The fourth-order valence-corrected chi connectivity index (χ4v) is 2.37. The standard InChI is InChI=1S/C15H15IN4O/c1-18-15-11(5-4-10-19-15)8-9-14(21)20(16)13-7-3-2-6-12(13)17/h2-10H,17H2,1H3,(H,18,19)/b9-8+. The van der Waals surface area contributed by atoms with Crippen LogP contribution in [0.5, 0.6) is 0 Å². The molecule has 0 unspecified atom stereocenters. The van der Waals surface area contributed by atoms with Crippen molar-refractivity contribution in [2.75, 3.05) is 21.2 Å². The third kappa shape index (κ3) is 3.72. The van der Waals surface area contributed by atoms with Gasteiger partial charge in [-0.3, -0.25) is 4.79 Å². The first-order valence-electron chi connectivity index (χ1n) is 6.28. The molecule has 2 aromatic rings. The van der Waals surface area contributed by atoms with Crippen LogP contribution in [0.1, 0.15) is 5.56 Å². The fraction of sp³-hybridized carbons (Fsp3) is 0.0667. The van der Waals surface area contributed by atoms with Crippen LogP contribution in [0.25, 0.3) is 6.08 Å². The number of pyridine rings is 1. The lowest BCUT2D eigenvalue weighted by molar-refractivity contribution is -0.112. The van der Waals surface area contributed by atoms with E-state index >= 15 is 0 Å². The topological polar surface area (TPSA) is 71.2 Å². The van der Waals surface area contributed by atoms with Crippen LogP contribution in [0.4, 0.5) is 17.2 Å². The number of nitrogens with two attached hydrogens (primary N) is 1. The maximum absolute atomic E-state index is 12.2. The number of aromatic nitrogens is 1. The minimum absolute atomic E-state index is 0.167. The van der Waals surface area contributed by atoms with Crippen molar-refractivity contribution in [3.05, 3.63) is 54.2 Å². The molecule has 0 aliphatic heterocycles. The number of anilines is 3. The van der Waals surface area contributed by atoms with Crippen molar-refractivity contribution < 1.29 is 4.79 Å². The Morgan fingerprint density at radius 3 is 2.81 bits per heavy atom. The highest BCUT2D eigenvalue weighted by Gasteiger charge is 2.12. The van der Waals surface area contributed by atoms with Crippen LogP contribution in [0.2, 0.25) is 0 Å². The number of carbonyl (C=O) groups is 1. The van der Waals surface area contributed by atoms with Crippen LogP contribution in [-0.4, -0.2) is 17.9 Å². The first kappa shape index (κ1) is 15.3. The van der Waals surface area contributed by atoms with Gasteiger partial charge in [0.15, 0.2) is 0 Å². The number of hydrogen-bond donors (Lipinski definition) is 2. The summed E-state index contributed by atoms with van der Waals surface area (Å²) in [4.78, 5) is 16.4. The van der Waals surface area contributed by atoms with E-state index in [1.165, 1.54) is 9.19 Å². The van der Waals surface area contributed by atoms with Gasteiger partial charge in [-0.15, -0.1) is 0 Å². The molecule has 2 rings (SSSR count). The molecule has 0 spiro atoms. The minimum atomic E-state index is -0.167. The average Bonchev–Trinajstić information content (AvgIpc) is 2.52. The van der Waals surface area contributed by atoms with Crippen molar-refractivity contribution in [3.63, 3.8) is 0 Å². The highest BCUT2D eigenvalue weighted by atomic mass is 127. The lowest BCUT2D eigenvalue weighted by Crippen LogP contribution is -2.18. The van der Waals surface area contributed by atoms with Crippen molar-refractivity contribution in [2.45, 2.75) is 0 Å². The molecule has 0 fully saturated rings. The normalized spacial score (nSPS) is 10.6. The van der Waals surface area contributed by atoms with Gasteiger partial charge in [-0.05, 0) is 30.3 Å². The summed E-state index contributed by atoms with van der Waals surface area (Å²) in [6.45, 7) is 0. The van der Waals surface area contributed by atoms with Gasteiger partial charge < -0.3 is 11.1 Å². The number of nitrogens with zero attached hydrogens (tertiary/aromatic N) is 2. The Hall–Kier alpha value is -2.09. The van der Waals surface area contributed by atoms with E-state index < -0.39 is 0 Å². The number of nitrogens with one attached hydrogen (secondary N) is 1. The molecule has 6 heteroatoms. The number of hydrogen-bond acceptors (Lipinski definition) is 4. The van der Waals surface area contributed by atoms with E-state index in [-0.39, 0.29) is 5.91 Å². The third-order valence-electron chi connectivity index (χ3n) is 2.82. The molecule has 1 aromatic carbocycles. The number of halogens is 1. The van der Waals surface area contributed by atoms with E-state index in [1.807, 2.05) is 47.1 Å². The molecule has 1 aromatic heterocycles. The maximum atomic E-state index is 12.2. The summed E-state index contributed by atoms with van der Waals surface area (Å²) in [5.41, 5.74) is 7.95. The van der Waals surface area contributed by atoms with Crippen molar-refractivity contribution >= 4 is 52.0 Å². The minimum Gasteiger partial charge on any atom is -0.397 e. The third-order valence-corrected chi connectivity index (χ3v) is 3.82. The second kappa shape index (κ2) is 7.07. The molecular weight excluding hydrogens is 379 g/mol. The molecule has 0 aliphatic rings. The first-order valence-corrected chi connectivity index (χ1v) is 7.25. The monoisotopic (exact) mass is 394 g/mol. The molecule has 21 heavy (non-hydrogen) atoms. The lowest BCUT2D eigenvalue weighted by atomic mass is 10.2. The quantitative estimate of drug-likeness (QED) is 0.362. The zero-order chi connectivity index (χ0) is 15.2. The van der Waals surface area contributed by atoms with E-state index in [2.05, 4.69) is 10.3 Å². The molecule has 1 heterocycles. The van der Waals surface area contributed by atoms with Crippen LogP contribution in [0, 0.1) is 0 Å². The Balaban J connectivity index is 2.18. The average molecular weight is 394 g/mol. The van der Waals surface area contributed by atoms with E-state index in [4.69, 9.17) is 5.73 Å². The fourth-order valence-electron chi connectivity index (χ4n) is 1.77. The number of carbonyl (C=O) groups excluding carboxylic acids is 1. The first-order chi connectivity index (χ1) is 10.1. The Labute approximate surface area is 137 Å². The Kier molecular flexibility index (Phi) is 5.15. The summed E-state index contributed by atoms with van der Waals surface area (Å²) in [7, 11) is 1.79. The van der Waals surface area contributed by atoms with Crippen molar-refractivity contribution in [3.8, 4) is 0 Å². The van der Waals surface area contributed by atoms with E-state index in [9.17, 15) is 4.79 Å². The van der Waals surface area contributed by atoms with Gasteiger partial charge in [-0.2, -0.15) is 0 Å². The molecule has 0 aliphatic carbocycles. The van der Waals surface area contributed by atoms with E-state index in [0.29, 0.717) is 11.4 Å².